The van der Waals surface area contributed by atoms with Crippen LogP contribution >= 0.6 is 11.6 Å². The lowest BCUT2D eigenvalue weighted by Gasteiger charge is -2.34. The van der Waals surface area contributed by atoms with Crippen molar-refractivity contribution in [1.29, 1.82) is 0 Å². The second-order valence-electron chi connectivity index (χ2n) is 10.6. The van der Waals surface area contributed by atoms with E-state index in [2.05, 4.69) is 10.2 Å². The van der Waals surface area contributed by atoms with Gasteiger partial charge in [0.2, 0.25) is 5.95 Å². The highest BCUT2D eigenvalue weighted by Gasteiger charge is 2.28. The maximum atomic E-state index is 13.8. The molecular formula is C29H32ClN5O3. The molecule has 0 spiro atoms. The van der Waals surface area contributed by atoms with E-state index >= 15 is 0 Å². The fourth-order valence-corrected chi connectivity index (χ4v) is 5.05. The Kier molecular flexibility index (Phi) is 7.17. The molecule has 8 nitrogen and oxygen atoms in total. The van der Waals surface area contributed by atoms with Crippen LogP contribution in [-0.4, -0.2) is 44.9 Å². The molecule has 198 valence electrons. The van der Waals surface area contributed by atoms with E-state index in [-0.39, 0.29) is 11.6 Å². The number of benzene rings is 2. The number of fused-ring (bicyclic) bond motifs is 1. The van der Waals surface area contributed by atoms with Gasteiger partial charge < -0.3 is 19.5 Å². The third-order valence-electron chi connectivity index (χ3n) is 6.52. The van der Waals surface area contributed by atoms with Gasteiger partial charge in [0.25, 0.3) is 5.56 Å². The highest BCUT2D eigenvalue weighted by atomic mass is 35.5. The lowest BCUT2D eigenvalue weighted by Crippen LogP contribution is -2.49. The van der Waals surface area contributed by atoms with Gasteiger partial charge in [-0.15, -0.1) is 0 Å². The summed E-state index contributed by atoms with van der Waals surface area (Å²) in [6.45, 7) is 7.24. The van der Waals surface area contributed by atoms with Crippen molar-refractivity contribution in [2.75, 3.05) is 18.0 Å². The van der Waals surface area contributed by atoms with Crippen LogP contribution in [0.5, 0.6) is 0 Å². The van der Waals surface area contributed by atoms with Crippen molar-refractivity contribution in [3.8, 4) is 5.69 Å². The molecule has 2 aromatic carbocycles. The summed E-state index contributed by atoms with van der Waals surface area (Å²) in [5, 5.41) is 3.63. The molecule has 1 N–H and O–H groups in total. The number of nitrogens with one attached hydrogen (secondary N) is 1. The van der Waals surface area contributed by atoms with E-state index in [1.165, 1.54) is 0 Å². The van der Waals surface area contributed by atoms with Crippen molar-refractivity contribution in [1.82, 2.24) is 19.4 Å². The Morgan fingerprint density at radius 3 is 2.58 bits per heavy atom. The number of pyridine rings is 1. The molecule has 5 rings (SSSR count). The highest BCUT2D eigenvalue weighted by molar-refractivity contribution is 6.31. The number of rotatable bonds is 5. The first-order chi connectivity index (χ1) is 18.2. The van der Waals surface area contributed by atoms with Gasteiger partial charge in [-0.05, 0) is 63.4 Å². The van der Waals surface area contributed by atoms with Gasteiger partial charge in [0.1, 0.15) is 11.1 Å². The van der Waals surface area contributed by atoms with Gasteiger partial charge in [-0.3, -0.25) is 9.36 Å². The van der Waals surface area contributed by atoms with Crippen LogP contribution in [-0.2, 0) is 11.3 Å². The summed E-state index contributed by atoms with van der Waals surface area (Å²) in [5.74, 6) is 0.679. The van der Waals surface area contributed by atoms with Crippen LogP contribution in [0.15, 0.2) is 71.7 Å². The van der Waals surface area contributed by atoms with Crippen LogP contribution in [0, 0.1) is 0 Å². The number of para-hydroxylation sites is 1. The molecule has 0 saturated carbocycles. The normalized spacial score (nSPS) is 16.0. The summed E-state index contributed by atoms with van der Waals surface area (Å²) >= 11 is 6.54. The fraction of sp³-hybridized carbons (Fsp3) is 0.345. The summed E-state index contributed by atoms with van der Waals surface area (Å²) in [5.41, 5.74) is 2.08. The Morgan fingerprint density at radius 1 is 1.11 bits per heavy atom. The van der Waals surface area contributed by atoms with Gasteiger partial charge in [-0.25, -0.2) is 9.78 Å². The molecule has 1 amide bonds. The Hall–Kier alpha value is -3.78. The molecular weight excluding hydrogens is 502 g/mol. The van der Waals surface area contributed by atoms with Crippen LogP contribution in [0.25, 0.3) is 16.7 Å². The smallest absolute Gasteiger partial charge is 0.407 e. The predicted octanol–water partition coefficient (Wildman–Crippen LogP) is 5.38. The minimum atomic E-state index is -0.569. The van der Waals surface area contributed by atoms with Crippen molar-refractivity contribution in [3.05, 3.63) is 87.8 Å². The minimum absolute atomic E-state index is 0.104. The zero-order valence-corrected chi connectivity index (χ0v) is 22.6. The predicted molar refractivity (Wildman–Crippen MR) is 150 cm³/mol. The molecule has 0 radical (unpaired) electrons. The molecule has 0 aliphatic carbocycles. The first kappa shape index (κ1) is 25.9. The minimum Gasteiger partial charge on any atom is -0.444 e. The first-order valence-electron chi connectivity index (χ1n) is 12.8. The molecule has 2 aromatic heterocycles. The number of imidazole rings is 1. The molecule has 1 saturated heterocycles. The number of halogens is 1. The van der Waals surface area contributed by atoms with Crippen molar-refractivity contribution in [3.63, 3.8) is 0 Å². The molecule has 0 bridgehead atoms. The number of hydrogen-bond donors (Lipinski definition) is 1. The number of carbonyl (C=O) groups is 1. The van der Waals surface area contributed by atoms with Gasteiger partial charge in [-0.2, -0.15) is 0 Å². The molecule has 3 heterocycles. The third kappa shape index (κ3) is 5.55. The summed E-state index contributed by atoms with van der Waals surface area (Å²) in [6.07, 6.45) is 3.03. The number of piperidine rings is 1. The van der Waals surface area contributed by atoms with Crippen molar-refractivity contribution in [2.24, 2.45) is 0 Å². The summed E-state index contributed by atoms with van der Waals surface area (Å²) < 4.78 is 9.06. The Balaban J connectivity index is 1.55. The van der Waals surface area contributed by atoms with Gasteiger partial charge in [-0.1, -0.05) is 48.0 Å². The number of hydrogen-bond acceptors (Lipinski definition) is 5. The average Bonchev–Trinajstić information content (AvgIpc) is 3.24. The van der Waals surface area contributed by atoms with E-state index in [9.17, 15) is 9.59 Å². The van der Waals surface area contributed by atoms with Crippen molar-refractivity contribution >= 4 is 34.7 Å². The zero-order chi connectivity index (χ0) is 26.9. The molecule has 1 atom stereocenters. The number of aromatic nitrogens is 3. The van der Waals surface area contributed by atoms with Gasteiger partial charge >= 0.3 is 6.09 Å². The Morgan fingerprint density at radius 2 is 1.84 bits per heavy atom. The van der Waals surface area contributed by atoms with E-state index in [0.29, 0.717) is 35.1 Å². The number of ether oxygens (including phenoxy) is 1. The first-order valence-corrected chi connectivity index (χ1v) is 13.2. The Labute approximate surface area is 226 Å². The summed E-state index contributed by atoms with van der Waals surface area (Å²) in [4.78, 5) is 33.3. The second kappa shape index (κ2) is 10.5. The summed E-state index contributed by atoms with van der Waals surface area (Å²) in [7, 11) is 0. The van der Waals surface area contributed by atoms with Crippen LogP contribution in [0.2, 0.25) is 5.02 Å². The van der Waals surface area contributed by atoms with Crippen molar-refractivity contribution in [2.45, 2.75) is 51.8 Å². The average molecular weight is 534 g/mol. The number of alkyl carbamates (subject to hydrolysis) is 1. The fourth-order valence-electron chi connectivity index (χ4n) is 4.86. The van der Waals surface area contributed by atoms with Crippen LogP contribution < -0.4 is 15.8 Å². The maximum Gasteiger partial charge on any atom is 0.407 e. The standard InChI is InChI=1S/C29H32ClN5O3/c1-29(2,3)38-28(37)31-21-11-9-16-33(19-21)27-32-24-15-17-34(22-12-5-4-6-13-22)26(36)25(24)35(27)18-20-10-7-8-14-23(20)30/h4-8,10,12-15,17,21H,9,11,16,18-19H2,1-3H3,(H,31,37). The van der Waals surface area contributed by atoms with Gasteiger partial charge in [0.05, 0.1) is 12.1 Å². The molecule has 1 fully saturated rings. The van der Waals surface area contributed by atoms with E-state index in [1.807, 2.05) is 86.0 Å². The van der Waals surface area contributed by atoms with Gasteiger partial charge in [0.15, 0.2) is 0 Å². The van der Waals surface area contributed by atoms with E-state index in [4.69, 9.17) is 21.3 Å². The highest BCUT2D eigenvalue weighted by Crippen LogP contribution is 2.27. The number of carbonyl (C=O) groups excluding carboxylic acids is 1. The lowest BCUT2D eigenvalue weighted by molar-refractivity contribution is 0.0500. The quantitative estimate of drug-likeness (QED) is 0.372. The maximum absolute atomic E-state index is 13.8. The zero-order valence-electron chi connectivity index (χ0n) is 21.9. The molecule has 9 heteroatoms. The van der Waals surface area contributed by atoms with Crippen molar-refractivity contribution < 1.29 is 9.53 Å². The monoisotopic (exact) mass is 533 g/mol. The Bertz CT molecular complexity index is 1510. The number of anilines is 1. The SMILES string of the molecule is CC(C)(C)OC(=O)NC1CCCN(c2nc3ccn(-c4ccccc4)c(=O)c3n2Cc2ccccc2Cl)C1. The summed E-state index contributed by atoms with van der Waals surface area (Å²) in [6, 6.07) is 18.9. The largest absolute Gasteiger partial charge is 0.444 e. The van der Waals surface area contributed by atoms with E-state index in [1.54, 1.807) is 10.8 Å². The van der Waals surface area contributed by atoms with E-state index < -0.39 is 11.7 Å². The van der Waals surface area contributed by atoms with Crippen LogP contribution in [0.4, 0.5) is 10.7 Å². The third-order valence-corrected chi connectivity index (χ3v) is 6.89. The van der Waals surface area contributed by atoms with Gasteiger partial charge in [0, 0.05) is 36.0 Å². The molecule has 38 heavy (non-hydrogen) atoms. The topological polar surface area (TPSA) is 81.4 Å². The molecule has 1 aliphatic heterocycles. The van der Waals surface area contributed by atoms with Crippen LogP contribution in [0.1, 0.15) is 39.2 Å². The van der Waals surface area contributed by atoms with Crippen LogP contribution in [0.3, 0.4) is 0 Å². The second-order valence-corrected chi connectivity index (χ2v) is 11.0. The lowest BCUT2D eigenvalue weighted by atomic mass is 10.1. The molecule has 4 aromatic rings. The number of amides is 1. The van der Waals surface area contributed by atoms with E-state index in [0.717, 1.165) is 30.6 Å². The molecule has 1 unspecified atom stereocenters. The molecule has 1 aliphatic rings. The number of nitrogens with zero attached hydrogens (tertiary/aromatic N) is 4.